The van der Waals surface area contributed by atoms with Crippen molar-refractivity contribution in [2.75, 3.05) is 0 Å². The van der Waals surface area contributed by atoms with Crippen LogP contribution >= 0.6 is 0 Å². The molecule has 0 N–H and O–H groups in total. The Morgan fingerprint density at radius 3 is 2.02 bits per heavy atom. The van der Waals surface area contributed by atoms with Crippen LogP contribution in [0.3, 0.4) is 0 Å². The van der Waals surface area contributed by atoms with Gasteiger partial charge in [-0.05, 0) is 136 Å². The van der Waals surface area contributed by atoms with E-state index in [1.54, 1.807) is 6.07 Å². The van der Waals surface area contributed by atoms with Crippen LogP contribution in [0.4, 0.5) is 26.3 Å². The topological polar surface area (TPSA) is 9.23 Å². The van der Waals surface area contributed by atoms with Crippen molar-refractivity contribution >= 4 is 5.83 Å². The largest absolute Gasteiger partial charge is 0.432 e. The van der Waals surface area contributed by atoms with Crippen molar-refractivity contribution in [3.05, 3.63) is 71.1 Å². The van der Waals surface area contributed by atoms with Gasteiger partial charge < -0.3 is 4.74 Å². The fraction of sp³-hybridized carbons (Fsp3) is 0.632. The molecule has 5 rings (SSSR count). The molecule has 3 saturated carbocycles. The monoisotopic (exact) mass is 634 g/mol. The molecule has 0 spiro atoms. The smallest absolute Gasteiger partial charge is 0.400 e. The Bertz CT molecular complexity index is 1270. The van der Waals surface area contributed by atoms with Crippen LogP contribution in [0.2, 0.25) is 0 Å². The molecule has 1 nitrogen and oxygen atoms in total. The van der Waals surface area contributed by atoms with E-state index in [1.807, 2.05) is 6.07 Å². The fourth-order valence-electron chi connectivity index (χ4n) is 8.48. The number of unbranched alkanes of at least 4 members (excludes halogenated alkanes) is 2. The summed E-state index contributed by atoms with van der Waals surface area (Å²) in [5.41, 5.74) is 1.34. The quantitative estimate of drug-likeness (QED) is 0.177. The molecule has 2 aromatic rings. The third-order valence-corrected chi connectivity index (χ3v) is 11.2. The lowest BCUT2D eigenvalue weighted by molar-refractivity contribution is -0.224. The lowest BCUT2D eigenvalue weighted by Crippen LogP contribution is -2.38. The minimum Gasteiger partial charge on any atom is -0.432 e. The molecule has 0 atom stereocenters. The van der Waals surface area contributed by atoms with Gasteiger partial charge in [0.1, 0.15) is 23.7 Å². The highest BCUT2D eigenvalue weighted by atomic mass is 19.3. The number of halogens is 6. The second-order valence-electron chi connectivity index (χ2n) is 14.0. The first-order valence-corrected chi connectivity index (χ1v) is 17.3. The lowest BCUT2D eigenvalue weighted by Gasteiger charge is -2.39. The van der Waals surface area contributed by atoms with Gasteiger partial charge in [-0.25, -0.2) is 17.6 Å². The summed E-state index contributed by atoms with van der Waals surface area (Å²) in [5.74, 6) is -1.75. The van der Waals surface area contributed by atoms with Crippen LogP contribution < -0.4 is 4.74 Å². The van der Waals surface area contributed by atoms with Gasteiger partial charge in [0.2, 0.25) is 0 Å². The van der Waals surface area contributed by atoms with Crippen molar-refractivity contribution in [1.82, 2.24) is 0 Å². The molecule has 248 valence electrons. The molecule has 0 amide bonds. The maximum Gasteiger partial charge on any atom is 0.400 e. The van der Waals surface area contributed by atoms with Crippen LogP contribution in [0.15, 0.2) is 42.7 Å². The van der Waals surface area contributed by atoms with Gasteiger partial charge in [0, 0.05) is 11.6 Å². The highest BCUT2D eigenvalue weighted by Gasteiger charge is 2.45. The molecule has 0 aromatic heterocycles. The van der Waals surface area contributed by atoms with Crippen LogP contribution in [0, 0.1) is 35.3 Å². The summed E-state index contributed by atoms with van der Waals surface area (Å²) in [6, 6.07) is 8.57. The highest BCUT2D eigenvalue weighted by molar-refractivity contribution is 5.59. The molecule has 3 fully saturated rings. The van der Waals surface area contributed by atoms with Gasteiger partial charge in [0.25, 0.3) is 0 Å². The van der Waals surface area contributed by atoms with Crippen LogP contribution in [0.5, 0.6) is 5.75 Å². The van der Waals surface area contributed by atoms with Gasteiger partial charge in [0.15, 0.2) is 5.83 Å². The summed E-state index contributed by atoms with van der Waals surface area (Å²) >= 11 is 0. The minimum atomic E-state index is -3.50. The molecule has 2 aromatic carbocycles. The highest BCUT2D eigenvalue weighted by Crippen LogP contribution is 2.48. The summed E-state index contributed by atoms with van der Waals surface area (Å²) in [4.78, 5) is 0. The molecule has 0 saturated heterocycles. The standard InChI is InChI=1S/C38H48F6O/c1-2-3-4-5-25-6-8-28(9-7-25)30-16-20-33(35(40)22-30)29-12-10-26(11-13-29)27-14-17-31(18-15-27)38(43,44)45-32-19-21-34(36(41)23-32)37(42)24-39/h16,19-29,31H,2-15,17-18H2,1H3. The third-order valence-electron chi connectivity index (χ3n) is 11.2. The number of hydrogen-bond acceptors (Lipinski definition) is 1. The summed E-state index contributed by atoms with van der Waals surface area (Å²) < 4.78 is 90.1. The predicted octanol–water partition coefficient (Wildman–Crippen LogP) is 12.8. The molecule has 0 heterocycles. The molecular weight excluding hydrogens is 586 g/mol. The molecule has 7 heteroatoms. The summed E-state index contributed by atoms with van der Waals surface area (Å²) in [5, 5.41) is 0. The van der Waals surface area contributed by atoms with Crippen molar-refractivity contribution in [2.45, 2.75) is 128 Å². The molecule has 3 aliphatic carbocycles. The van der Waals surface area contributed by atoms with Gasteiger partial charge in [-0.3, -0.25) is 0 Å². The fourth-order valence-corrected chi connectivity index (χ4v) is 8.48. The lowest BCUT2D eigenvalue weighted by atomic mass is 9.68. The normalized spacial score (nSPS) is 28.2. The summed E-state index contributed by atoms with van der Waals surface area (Å²) in [7, 11) is 0. The Labute approximate surface area is 264 Å². The minimum absolute atomic E-state index is 0.0673. The van der Waals surface area contributed by atoms with Crippen molar-refractivity contribution < 1.29 is 31.1 Å². The van der Waals surface area contributed by atoms with E-state index in [1.165, 1.54) is 38.5 Å². The Morgan fingerprint density at radius 1 is 0.778 bits per heavy atom. The molecule has 0 unspecified atom stereocenters. The van der Waals surface area contributed by atoms with Crippen molar-refractivity contribution in [3.63, 3.8) is 0 Å². The number of rotatable bonds is 11. The number of hydrogen-bond donors (Lipinski definition) is 0. The molecule has 0 radical (unpaired) electrons. The Hall–Kier alpha value is -2.44. The van der Waals surface area contributed by atoms with E-state index in [0.29, 0.717) is 49.5 Å². The molecular formula is C38H48F6O. The predicted molar refractivity (Wildman–Crippen MR) is 168 cm³/mol. The number of alkyl halides is 2. The van der Waals surface area contributed by atoms with Crippen LogP contribution in [0.25, 0.3) is 5.83 Å². The molecule has 3 aliphatic rings. The summed E-state index contributed by atoms with van der Waals surface area (Å²) in [6.45, 7) is 2.25. The number of ether oxygens (including phenoxy) is 1. The second kappa shape index (κ2) is 15.4. The van der Waals surface area contributed by atoms with Crippen LogP contribution in [-0.2, 0) is 0 Å². The first-order chi connectivity index (χ1) is 21.7. The van der Waals surface area contributed by atoms with E-state index in [9.17, 15) is 22.0 Å². The second-order valence-corrected chi connectivity index (χ2v) is 14.0. The van der Waals surface area contributed by atoms with Crippen molar-refractivity contribution in [1.29, 1.82) is 0 Å². The number of benzene rings is 2. The van der Waals surface area contributed by atoms with E-state index in [0.717, 1.165) is 67.7 Å². The Morgan fingerprint density at radius 2 is 1.42 bits per heavy atom. The first kappa shape index (κ1) is 33.9. The SMILES string of the molecule is CCCCCC1CCC(c2ccc(C3CCC(C4CCC(C(F)(F)Oc5ccc(C(F)=CF)c(F)c5)CC4)CC3)c(F)c2)CC1. The third kappa shape index (κ3) is 8.48. The van der Waals surface area contributed by atoms with E-state index in [2.05, 4.69) is 13.0 Å². The van der Waals surface area contributed by atoms with Crippen molar-refractivity contribution in [2.24, 2.45) is 23.7 Å². The van der Waals surface area contributed by atoms with Gasteiger partial charge in [-0.2, -0.15) is 8.78 Å². The average Bonchev–Trinajstić information content (AvgIpc) is 3.05. The van der Waals surface area contributed by atoms with E-state index in [-0.39, 0.29) is 18.1 Å². The zero-order chi connectivity index (χ0) is 32.0. The first-order valence-electron chi connectivity index (χ1n) is 17.3. The van der Waals surface area contributed by atoms with E-state index < -0.39 is 35.0 Å². The van der Waals surface area contributed by atoms with Gasteiger partial charge >= 0.3 is 6.11 Å². The van der Waals surface area contributed by atoms with Gasteiger partial charge in [-0.1, -0.05) is 44.7 Å². The van der Waals surface area contributed by atoms with Crippen molar-refractivity contribution in [3.8, 4) is 5.75 Å². The van der Waals surface area contributed by atoms with E-state index >= 15 is 4.39 Å². The van der Waals surface area contributed by atoms with Gasteiger partial charge in [0.05, 0.1) is 5.92 Å². The van der Waals surface area contributed by atoms with Crippen LogP contribution in [0.1, 0.15) is 138 Å². The molecule has 0 aliphatic heterocycles. The average molecular weight is 635 g/mol. The maximum absolute atomic E-state index is 15.4. The Kier molecular flexibility index (Phi) is 11.6. The zero-order valence-corrected chi connectivity index (χ0v) is 26.5. The van der Waals surface area contributed by atoms with Gasteiger partial charge in [-0.15, -0.1) is 0 Å². The molecule has 45 heavy (non-hydrogen) atoms. The van der Waals surface area contributed by atoms with E-state index in [4.69, 9.17) is 4.74 Å². The Balaban J connectivity index is 1.07. The molecule has 0 bridgehead atoms. The maximum atomic E-state index is 15.4. The summed E-state index contributed by atoms with van der Waals surface area (Å²) in [6.07, 6.45) is 11.9. The van der Waals surface area contributed by atoms with Crippen LogP contribution in [-0.4, -0.2) is 6.11 Å². The zero-order valence-electron chi connectivity index (χ0n) is 26.5.